The third-order valence-electron chi connectivity index (χ3n) is 9.77. The van der Waals surface area contributed by atoms with Crippen molar-refractivity contribution in [3.8, 4) is 34.3 Å². The first-order chi connectivity index (χ1) is 22.5. The predicted molar refractivity (Wildman–Crippen MR) is 182 cm³/mol. The van der Waals surface area contributed by atoms with E-state index >= 15 is 0 Å². The number of imidazole rings is 2. The highest BCUT2D eigenvalue weighted by Crippen LogP contribution is 2.50. The predicted octanol–water partition coefficient (Wildman–Crippen LogP) is 9.57. The summed E-state index contributed by atoms with van der Waals surface area (Å²) in [5, 5.41) is 11.7. The van der Waals surface area contributed by atoms with Crippen LogP contribution in [0.3, 0.4) is 0 Å². The molecule has 0 spiro atoms. The monoisotopic (exact) mass is 591 g/mol. The number of nitrogens with zero attached hydrogens (tertiary/aromatic N) is 5. The smallest absolute Gasteiger partial charge is 0.222 e. The number of pyridine rings is 1. The van der Waals surface area contributed by atoms with Crippen molar-refractivity contribution >= 4 is 49.8 Å². The van der Waals surface area contributed by atoms with Crippen LogP contribution >= 0.6 is 0 Å². The maximum atomic E-state index is 9.54. The van der Waals surface area contributed by atoms with Crippen molar-refractivity contribution in [1.82, 2.24) is 18.9 Å². The Balaban J connectivity index is 1.20. The van der Waals surface area contributed by atoms with E-state index in [0.717, 1.165) is 66.9 Å². The lowest BCUT2D eigenvalue weighted by molar-refractivity contribution is 0.660. The van der Waals surface area contributed by atoms with Crippen LogP contribution in [-0.2, 0) is 5.41 Å². The molecule has 6 heteroatoms. The van der Waals surface area contributed by atoms with Gasteiger partial charge in [0.1, 0.15) is 16.9 Å². The molecule has 0 saturated heterocycles. The molecule has 0 atom stereocenters. The van der Waals surface area contributed by atoms with Crippen molar-refractivity contribution < 1.29 is 4.42 Å². The van der Waals surface area contributed by atoms with Gasteiger partial charge in [0.05, 0.1) is 33.9 Å². The average Bonchev–Trinajstić information content (AvgIpc) is 3.80. The van der Waals surface area contributed by atoms with Crippen LogP contribution in [0.15, 0.2) is 120 Å². The Bertz CT molecular complexity index is 2800. The molecule has 0 amide bonds. The molecule has 9 aromatic rings. The fourth-order valence-corrected chi connectivity index (χ4v) is 7.55. The van der Waals surface area contributed by atoms with E-state index in [1.54, 1.807) is 0 Å². The molecule has 0 radical (unpaired) electrons. The van der Waals surface area contributed by atoms with Crippen LogP contribution in [-0.4, -0.2) is 18.9 Å². The van der Waals surface area contributed by atoms with Crippen LogP contribution in [0, 0.1) is 11.3 Å². The minimum atomic E-state index is -0.234. The molecule has 6 nitrogen and oxygen atoms in total. The van der Waals surface area contributed by atoms with E-state index in [2.05, 4.69) is 89.5 Å². The number of hydrogen-bond donors (Lipinski definition) is 0. The topological polar surface area (TPSA) is 72.0 Å². The van der Waals surface area contributed by atoms with Crippen molar-refractivity contribution in [2.24, 2.45) is 0 Å². The van der Waals surface area contributed by atoms with Crippen LogP contribution in [0.5, 0.6) is 0 Å². The maximum Gasteiger partial charge on any atom is 0.222 e. The number of aromatic nitrogens is 4. The number of rotatable bonds is 2. The van der Waals surface area contributed by atoms with Gasteiger partial charge in [0.25, 0.3) is 0 Å². The summed E-state index contributed by atoms with van der Waals surface area (Å²) in [5.74, 6) is 1.57. The lowest BCUT2D eigenvalue weighted by Gasteiger charge is -2.22. The highest BCUT2D eigenvalue weighted by molar-refractivity contribution is 6.15. The first kappa shape index (κ1) is 25.2. The van der Waals surface area contributed by atoms with Gasteiger partial charge in [0.15, 0.2) is 5.58 Å². The van der Waals surface area contributed by atoms with E-state index in [0.29, 0.717) is 5.56 Å². The molecule has 46 heavy (non-hydrogen) atoms. The SMILES string of the molecule is CC1(C)c2cc(C#N)ccc2-c2ccc(-c3cccc(-n4c5ccc6c7ccccc7oc6c5n5c6ccccc6nc45)n3)cc21. The summed E-state index contributed by atoms with van der Waals surface area (Å²) in [6.45, 7) is 4.47. The number of furan rings is 1. The highest BCUT2D eigenvalue weighted by atomic mass is 16.3. The molecule has 5 aromatic carbocycles. The van der Waals surface area contributed by atoms with E-state index in [1.807, 2.05) is 54.6 Å². The Hall–Kier alpha value is -6.19. The normalized spacial score (nSPS) is 13.6. The molecule has 0 fully saturated rings. The zero-order valence-electron chi connectivity index (χ0n) is 25.1. The summed E-state index contributed by atoms with van der Waals surface area (Å²) in [5.41, 5.74) is 12.8. The van der Waals surface area contributed by atoms with Gasteiger partial charge in [-0.1, -0.05) is 68.4 Å². The van der Waals surface area contributed by atoms with Gasteiger partial charge in [-0.2, -0.15) is 5.26 Å². The number of fused-ring (bicyclic) bond motifs is 12. The first-order valence-electron chi connectivity index (χ1n) is 15.4. The molecule has 1 aliphatic rings. The van der Waals surface area contributed by atoms with Gasteiger partial charge in [-0.15, -0.1) is 0 Å². The van der Waals surface area contributed by atoms with Crippen LogP contribution in [0.1, 0.15) is 30.5 Å². The van der Waals surface area contributed by atoms with Gasteiger partial charge >= 0.3 is 0 Å². The van der Waals surface area contributed by atoms with Crippen molar-refractivity contribution in [3.63, 3.8) is 0 Å². The van der Waals surface area contributed by atoms with E-state index in [-0.39, 0.29) is 5.41 Å². The molecule has 0 N–H and O–H groups in total. The van der Waals surface area contributed by atoms with Gasteiger partial charge in [-0.05, 0) is 82.9 Å². The number of hydrogen-bond acceptors (Lipinski definition) is 4. The summed E-state index contributed by atoms with van der Waals surface area (Å²) in [7, 11) is 0. The third kappa shape index (κ3) is 3.19. The van der Waals surface area contributed by atoms with E-state index in [9.17, 15) is 5.26 Å². The number of para-hydroxylation sites is 3. The molecule has 0 aliphatic heterocycles. The van der Waals surface area contributed by atoms with E-state index in [1.165, 1.54) is 22.3 Å². The quantitative estimate of drug-likeness (QED) is 0.201. The summed E-state index contributed by atoms with van der Waals surface area (Å²) < 4.78 is 10.9. The van der Waals surface area contributed by atoms with E-state index < -0.39 is 0 Å². The minimum Gasteiger partial charge on any atom is -0.454 e. The molecule has 4 heterocycles. The fourth-order valence-electron chi connectivity index (χ4n) is 7.55. The molecule has 0 bridgehead atoms. The minimum absolute atomic E-state index is 0.234. The van der Waals surface area contributed by atoms with Gasteiger partial charge in [0, 0.05) is 21.8 Å². The van der Waals surface area contributed by atoms with Gasteiger partial charge < -0.3 is 4.42 Å². The first-order valence-corrected chi connectivity index (χ1v) is 15.4. The van der Waals surface area contributed by atoms with Crippen molar-refractivity contribution in [2.75, 3.05) is 0 Å². The Kier molecular flexibility index (Phi) is 4.77. The van der Waals surface area contributed by atoms with Gasteiger partial charge in [0.2, 0.25) is 5.78 Å². The lowest BCUT2D eigenvalue weighted by atomic mass is 9.81. The summed E-state index contributed by atoms with van der Waals surface area (Å²) in [4.78, 5) is 10.4. The third-order valence-corrected chi connectivity index (χ3v) is 9.77. The molecule has 0 unspecified atom stereocenters. The zero-order chi connectivity index (χ0) is 30.7. The lowest BCUT2D eigenvalue weighted by Crippen LogP contribution is -2.15. The molecular weight excluding hydrogens is 566 g/mol. The fraction of sp³-hybridized carbons (Fsp3) is 0.0750. The largest absolute Gasteiger partial charge is 0.454 e. The Morgan fingerprint density at radius 3 is 2.41 bits per heavy atom. The van der Waals surface area contributed by atoms with Crippen molar-refractivity contribution in [2.45, 2.75) is 19.3 Å². The maximum absolute atomic E-state index is 9.54. The van der Waals surface area contributed by atoms with Crippen molar-refractivity contribution in [1.29, 1.82) is 5.26 Å². The second-order valence-corrected chi connectivity index (χ2v) is 12.6. The van der Waals surface area contributed by atoms with E-state index in [4.69, 9.17) is 14.4 Å². The molecule has 1 aliphatic carbocycles. The summed E-state index contributed by atoms with van der Waals surface area (Å²) in [6.07, 6.45) is 0. The standard InChI is InChI=1S/C40H25N5O/c1-40(2)29-20-23(22-41)14-16-25(29)26-17-15-24(21-30(26)40)31-10-7-13-36(42-31)44-34-19-18-28-27-8-3-6-12-35(27)46-38(28)37(34)45-33-11-5-4-9-32(33)43-39(44)45/h3-21H,1-2H3. The number of benzene rings is 5. The van der Waals surface area contributed by atoms with Crippen LogP contribution in [0.4, 0.5) is 0 Å². The zero-order valence-corrected chi connectivity index (χ0v) is 25.1. The van der Waals surface area contributed by atoms with Gasteiger partial charge in [-0.3, -0.25) is 8.97 Å². The molecule has 216 valence electrons. The second kappa shape index (κ2) is 8.71. The van der Waals surface area contributed by atoms with Crippen LogP contribution in [0.2, 0.25) is 0 Å². The Labute approximate surface area is 263 Å². The molecule has 0 saturated carbocycles. The highest BCUT2D eigenvalue weighted by Gasteiger charge is 2.36. The molecular formula is C40H25N5O. The van der Waals surface area contributed by atoms with Crippen LogP contribution < -0.4 is 0 Å². The average molecular weight is 592 g/mol. The summed E-state index contributed by atoms with van der Waals surface area (Å²) >= 11 is 0. The van der Waals surface area contributed by atoms with Crippen molar-refractivity contribution in [3.05, 3.63) is 132 Å². The second-order valence-electron chi connectivity index (χ2n) is 12.6. The summed E-state index contributed by atoms with van der Waals surface area (Å²) in [6, 6.07) is 41.8. The Morgan fingerprint density at radius 2 is 1.52 bits per heavy atom. The number of nitriles is 1. The molecule has 10 rings (SSSR count). The molecule has 4 aromatic heterocycles. The van der Waals surface area contributed by atoms with Crippen LogP contribution in [0.25, 0.3) is 78.0 Å². The van der Waals surface area contributed by atoms with Gasteiger partial charge in [-0.25, -0.2) is 9.97 Å². The Morgan fingerprint density at radius 1 is 0.717 bits per heavy atom.